The van der Waals surface area contributed by atoms with E-state index in [4.69, 9.17) is 9.47 Å². The number of ether oxygens (including phenoxy) is 2. The Bertz CT molecular complexity index is 1220. The van der Waals surface area contributed by atoms with E-state index < -0.39 is 17.7 Å². The Morgan fingerprint density at radius 3 is 1.60 bits per heavy atom. The first-order valence-corrected chi connectivity index (χ1v) is 29.1. The number of nitrogens with zero attached hydrogens (tertiary/aromatic N) is 4. The third-order valence-electron chi connectivity index (χ3n) is 15.1. The maximum atomic E-state index is 13.8. The number of esters is 1. The van der Waals surface area contributed by atoms with Crippen LogP contribution in [0.5, 0.6) is 0 Å². The second-order valence-corrected chi connectivity index (χ2v) is 22.1. The van der Waals surface area contributed by atoms with Gasteiger partial charge in [0, 0.05) is 63.9 Å². The summed E-state index contributed by atoms with van der Waals surface area (Å²) in [5.41, 5.74) is -0.457. The molecule has 1 aliphatic rings. The molecule has 1 fully saturated rings. The maximum absolute atomic E-state index is 13.8. The van der Waals surface area contributed by atoms with E-state index >= 15 is 0 Å². The van der Waals surface area contributed by atoms with Crippen molar-refractivity contribution in [1.82, 2.24) is 19.6 Å². The highest BCUT2D eigenvalue weighted by Crippen LogP contribution is 2.30. The minimum Gasteiger partial charge on any atom is -0.465 e. The van der Waals surface area contributed by atoms with E-state index in [-0.39, 0.29) is 24.0 Å². The molecule has 0 spiro atoms. The number of aliphatic hydroxyl groups is 1. The molecule has 1 saturated heterocycles. The molecule has 0 aromatic heterocycles. The van der Waals surface area contributed by atoms with Crippen LogP contribution in [0.15, 0.2) is 0 Å². The van der Waals surface area contributed by atoms with Crippen LogP contribution in [0.3, 0.4) is 0 Å². The van der Waals surface area contributed by atoms with Gasteiger partial charge < -0.3 is 29.3 Å². The summed E-state index contributed by atoms with van der Waals surface area (Å²) in [7, 11) is 8.01. The van der Waals surface area contributed by atoms with Gasteiger partial charge in [0.05, 0.1) is 12.7 Å². The SMILES string of the molecule is CCCCCCCCCCC(CC)N(C)C(=O)C(C)(C)CCCCN1C[C@@H](OC(O)CCN(C)C)C[C@H]1C(=O)OCCCCCCCC(=O)N(C)C(CCCCCCCC)CCCCCCCC. The topological polar surface area (TPSA) is 103 Å². The molecule has 1 N–H and O–H groups in total. The monoisotopic (exact) mass is 963 g/mol. The first-order chi connectivity index (χ1) is 32.7. The lowest BCUT2D eigenvalue weighted by atomic mass is 9.85. The molecule has 0 saturated carbocycles. The number of likely N-dealkylation sites (tertiary alicyclic amines) is 1. The number of unbranched alkanes of at least 4 members (excludes halogenated alkanes) is 22. The van der Waals surface area contributed by atoms with Crippen LogP contribution in [0, 0.1) is 5.41 Å². The van der Waals surface area contributed by atoms with Gasteiger partial charge in [-0.2, -0.15) is 0 Å². The predicted molar refractivity (Wildman–Crippen MR) is 287 cm³/mol. The van der Waals surface area contributed by atoms with Crippen LogP contribution in [0.2, 0.25) is 0 Å². The Morgan fingerprint density at radius 2 is 1.09 bits per heavy atom. The molecule has 68 heavy (non-hydrogen) atoms. The summed E-state index contributed by atoms with van der Waals surface area (Å²) in [6.45, 7) is 15.6. The number of hydrogen-bond donors (Lipinski definition) is 1. The van der Waals surface area contributed by atoms with Gasteiger partial charge in [-0.3, -0.25) is 19.3 Å². The molecule has 0 radical (unpaired) electrons. The van der Waals surface area contributed by atoms with Gasteiger partial charge in [-0.05, 0) is 72.0 Å². The summed E-state index contributed by atoms with van der Waals surface area (Å²) in [6, 6.07) is 0.239. The number of carbonyl (C=O) groups excluding carboxylic acids is 3. The van der Waals surface area contributed by atoms with Gasteiger partial charge in [0.2, 0.25) is 11.8 Å². The Morgan fingerprint density at radius 1 is 0.603 bits per heavy atom. The first-order valence-electron chi connectivity index (χ1n) is 29.1. The fourth-order valence-corrected chi connectivity index (χ4v) is 10.3. The Hall–Kier alpha value is -1.75. The number of amides is 2. The first kappa shape index (κ1) is 64.3. The van der Waals surface area contributed by atoms with Crippen LogP contribution in [0.1, 0.15) is 266 Å². The number of carbonyl (C=O) groups is 3. The standard InChI is InChI=1S/C58H114N4O6/c1-11-15-18-21-24-25-29-32-39-50(14-4)61(10)57(66)58(5,6)44-36-37-45-62-49-52(68-55(64)43-46-59(7)8)48-53(62)56(65)67-47-38-31-26-30-35-42-54(63)60(9)51(40-33-27-22-19-16-12-2)41-34-28-23-20-17-13-3/h50-53,55,64H,11-49H2,1-10H3/t50?,52-,53-,55?/m0/s1. The van der Waals surface area contributed by atoms with Gasteiger partial charge in [-0.15, -0.1) is 0 Å². The van der Waals surface area contributed by atoms with Crippen molar-refractivity contribution in [3.05, 3.63) is 0 Å². The molecular formula is C58H114N4O6. The summed E-state index contributed by atoms with van der Waals surface area (Å²) in [5, 5.41) is 10.7. The normalized spacial score (nSPS) is 16.5. The molecule has 0 aromatic carbocycles. The van der Waals surface area contributed by atoms with E-state index in [0.717, 1.165) is 90.1 Å². The summed E-state index contributed by atoms with van der Waals surface area (Å²) in [4.78, 5) is 49.1. The van der Waals surface area contributed by atoms with Crippen LogP contribution >= 0.6 is 0 Å². The lowest BCUT2D eigenvalue weighted by molar-refractivity contribution is -0.150. The van der Waals surface area contributed by atoms with Crippen molar-refractivity contribution < 1.29 is 29.0 Å². The quantitative estimate of drug-likeness (QED) is 0.0366. The van der Waals surface area contributed by atoms with Gasteiger partial charge in [-0.1, -0.05) is 196 Å². The smallest absolute Gasteiger partial charge is 0.323 e. The van der Waals surface area contributed by atoms with Crippen LogP contribution < -0.4 is 0 Å². The molecular weight excluding hydrogens is 849 g/mol. The zero-order valence-electron chi connectivity index (χ0n) is 46.7. The van der Waals surface area contributed by atoms with Gasteiger partial charge in [0.1, 0.15) is 6.04 Å². The fourth-order valence-electron chi connectivity index (χ4n) is 10.3. The van der Waals surface area contributed by atoms with Gasteiger partial charge in [0.25, 0.3) is 0 Å². The molecule has 10 heteroatoms. The Balaban J connectivity index is 2.61. The Kier molecular flexibility index (Phi) is 38.6. The van der Waals surface area contributed by atoms with Crippen LogP contribution in [0.4, 0.5) is 0 Å². The van der Waals surface area contributed by atoms with E-state index in [1.54, 1.807) is 0 Å². The maximum Gasteiger partial charge on any atom is 0.323 e. The molecule has 2 unspecified atom stereocenters. The third-order valence-corrected chi connectivity index (χ3v) is 15.1. The average molecular weight is 964 g/mol. The zero-order valence-corrected chi connectivity index (χ0v) is 46.7. The molecule has 1 heterocycles. The molecule has 4 atom stereocenters. The highest BCUT2D eigenvalue weighted by molar-refractivity contribution is 5.82. The van der Waals surface area contributed by atoms with Crippen molar-refractivity contribution in [1.29, 1.82) is 0 Å². The molecule has 1 rings (SSSR count). The minimum absolute atomic E-state index is 0.205. The van der Waals surface area contributed by atoms with Crippen LogP contribution in [-0.4, -0.2) is 127 Å². The van der Waals surface area contributed by atoms with Gasteiger partial charge in [0.15, 0.2) is 6.29 Å². The van der Waals surface area contributed by atoms with Gasteiger partial charge in [-0.25, -0.2) is 0 Å². The van der Waals surface area contributed by atoms with Gasteiger partial charge >= 0.3 is 5.97 Å². The molecule has 1 aliphatic heterocycles. The van der Waals surface area contributed by atoms with E-state index in [9.17, 15) is 19.5 Å². The van der Waals surface area contributed by atoms with Crippen molar-refractivity contribution in [3.63, 3.8) is 0 Å². The molecule has 10 nitrogen and oxygen atoms in total. The van der Waals surface area contributed by atoms with E-state index in [2.05, 4.69) is 51.3 Å². The molecule has 0 bridgehead atoms. The second-order valence-electron chi connectivity index (χ2n) is 22.1. The Labute approximate surface area is 421 Å². The summed E-state index contributed by atoms with van der Waals surface area (Å²) in [6.07, 6.45) is 38.0. The van der Waals surface area contributed by atoms with Crippen molar-refractivity contribution in [3.8, 4) is 0 Å². The molecule has 0 aliphatic carbocycles. The number of rotatable bonds is 46. The largest absolute Gasteiger partial charge is 0.465 e. The summed E-state index contributed by atoms with van der Waals surface area (Å²) < 4.78 is 12.0. The molecule has 402 valence electrons. The summed E-state index contributed by atoms with van der Waals surface area (Å²) in [5.74, 6) is 0.321. The van der Waals surface area contributed by atoms with Crippen molar-refractivity contribution in [2.45, 2.75) is 297 Å². The van der Waals surface area contributed by atoms with E-state index in [1.165, 1.54) is 128 Å². The zero-order chi connectivity index (χ0) is 50.4. The number of aliphatic hydroxyl groups excluding tert-OH is 1. The van der Waals surface area contributed by atoms with Crippen molar-refractivity contribution >= 4 is 17.8 Å². The third kappa shape index (κ3) is 30.2. The molecule has 0 aromatic rings. The fraction of sp³-hybridized carbons (Fsp3) is 0.948. The predicted octanol–water partition coefficient (Wildman–Crippen LogP) is 13.9. The summed E-state index contributed by atoms with van der Waals surface area (Å²) >= 11 is 0. The lowest BCUT2D eigenvalue weighted by Crippen LogP contribution is -2.44. The highest BCUT2D eigenvalue weighted by atomic mass is 16.6. The van der Waals surface area contributed by atoms with Crippen LogP contribution in [0.25, 0.3) is 0 Å². The van der Waals surface area contributed by atoms with Crippen molar-refractivity contribution in [2.24, 2.45) is 5.41 Å². The van der Waals surface area contributed by atoms with Crippen molar-refractivity contribution in [2.75, 3.05) is 54.4 Å². The van der Waals surface area contributed by atoms with Crippen LogP contribution in [-0.2, 0) is 23.9 Å². The molecule has 2 amide bonds. The average Bonchev–Trinajstić information content (AvgIpc) is 3.72. The van der Waals surface area contributed by atoms with E-state index in [0.29, 0.717) is 44.4 Å². The minimum atomic E-state index is -0.877. The number of hydrogen-bond acceptors (Lipinski definition) is 8. The highest BCUT2D eigenvalue weighted by Gasteiger charge is 2.39. The second kappa shape index (κ2) is 40.8. The lowest BCUT2D eigenvalue weighted by Gasteiger charge is -2.35. The van der Waals surface area contributed by atoms with E-state index in [1.807, 2.05) is 38.0 Å².